The maximum absolute atomic E-state index is 13.1. The molecule has 0 unspecified atom stereocenters. The fourth-order valence-corrected chi connectivity index (χ4v) is 3.13. The number of nitrogens with zero attached hydrogens (tertiary/aromatic N) is 1. The number of ether oxygens (including phenoxy) is 1. The Hall–Kier alpha value is -3.40. The predicted octanol–water partition coefficient (Wildman–Crippen LogP) is 5.13. The van der Waals surface area contributed by atoms with Crippen molar-refractivity contribution in [3.8, 4) is 5.75 Å². The summed E-state index contributed by atoms with van der Waals surface area (Å²) in [5.74, 6) is 0.252. The van der Waals surface area contributed by atoms with Crippen molar-refractivity contribution >= 4 is 16.7 Å². The fraction of sp³-hybridized carbons (Fsp3) is 0.0870. The third kappa shape index (κ3) is 3.47. The first-order valence-corrected chi connectivity index (χ1v) is 8.68. The number of fused-ring (bicyclic) bond motifs is 1. The average molecular weight is 359 g/mol. The zero-order chi connectivity index (χ0) is 18.8. The molecule has 0 saturated carbocycles. The molecule has 0 aliphatic heterocycles. The van der Waals surface area contributed by atoms with Crippen LogP contribution < -0.4 is 4.74 Å². The average Bonchev–Trinajstić information content (AvgIpc) is 3.03. The first-order valence-electron chi connectivity index (χ1n) is 8.68. The largest absolute Gasteiger partial charge is 0.489 e. The number of carbonyl (C=O) groups excluding carboxylic acids is 1. The Kier molecular flexibility index (Phi) is 4.47. The van der Waals surface area contributed by atoms with Gasteiger partial charge in [-0.15, -0.1) is 0 Å². The van der Waals surface area contributed by atoms with Crippen molar-refractivity contribution in [2.24, 2.45) is 7.05 Å². The second-order valence-electron chi connectivity index (χ2n) is 6.42. The van der Waals surface area contributed by atoms with Crippen LogP contribution in [0.25, 0.3) is 10.9 Å². The van der Waals surface area contributed by atoms with Crippen LogP contribution in [0.15, 0.2) is 78.9 Å². The van der Waals surface area contributed by atoms with Crippen molar-refractivity contribution < 1.29 is 13.9 Å². The van der Waals surface area contributed by atoms with Crippen molar-refractivity contribution in [3.05, 3.63) is 102 Å². The van der Waals surface area contributed by atoms with Crippen LogP contribution in [0.1, 0.15) is 21.6 Å². The molecule has 4 rings (SSSR count). The van der Waals surface area contributed by atoms with Gasteiger partial charge in [-0.1, -0.05) is 30.3 Å². The molecule has 0 aliphatic carbocycles. The van der Waals surface area contributed by atoms with E-state index in [0.717, 1.165) is 22.2 Å². The minimum absolute atomic E-state index is 0.138. The monoisotopic (exact) mass is 359 g/mol. The topological polar surface area (TPSA) is 31.2 Å². The lowest BCUT2D eigenvalue weighted by molar-refractivity contribution is 0.103. The first-order chi connectivity index (χ1) is 13.1. The Morgan fingerprint density at radius 2 is 1.70 bits per heavy atom. The smallest absolute Gasteiger partial charge is 0.209 e. The fourth-order valence-electron chi connectivity index (χ4n) is 3.13. The number of hydrogen-bond acceptors (Lipinski definition) is 2. The molecule has 0 amide bonds. The molecule has 0 aliphatic rings. The number of hydrogen-bond donors (Lipinski definition) is 0. The van der Waals surface area contributed by atoms with Crippen molar-refractivity contribution in [1.82, 2.24) is 4.57 Å². The van der Waals surface area contributed by atoms with Gasteiger partial charge >= 0.3 is 0 Å². The van der Waals surface area contributed by atoms with Crippen molar-refractivity contribution in [2.45, 2.75) is 6.61 Å². The van der Waals surface area contributed by atoms with Gasteiger partial charge in [0, 0.05) is 23.5 Å². The van der Waals surface area contributed by atoms with E-state index in [1.807, 2.05) is 66.2 Å². The molecule has 3 aromatic carbocycles. The van der Waals surface area contributed by atoms with E-state index in [9.17, 15) is 9.18 Å². The zero-order valence-electron chi connectivity index (χ0n) is 14.9. The van der Waals surface area contributed by atoms with Crippen LogP contribution in [0.5, 0.6) is 5.75 Å². The van der Waals surface area contributed by atoms with Crippen LogP contribution in [-0.2, 0) is 13.7 Å². The lowest BCUT2D eigenvalue weighted by Crippen LogP contribution is -2.07. The molecule has 3 nitrogen and oxygen atoms in total. The van der Waals surface area contributed by atoms with Crippen LogP contribution in [0.2, 0.25) is 0 Å². The third-order valence-electron chi connectivity index (χ3n) is 4.60. The molecule has 0 fully saturated rings. The minimum Gasteiger partial charge on any atom is -0.489 e. The molecule has 4 heteroatoms. The number of benzene rings is 3. The summed E-state index contributed by atoms with van der Waals surface area (Å²) in [4.78, 5) is 12.8. The maximum atomic E-state index is 13.1. The molecule has 0 atom stereocenters. The van der Waals surface area contributed by atoms with Crippen molar-refractivity contribution in [3.63, 3.8) is 0 Å². The van der Waals surface area contributed by atoms with E-state index in [2.05, 4.69) is 0 Å². The van der Waals surface area contributed by atoms with Gasteiger partial charge in [0.1, 0.15) is 18.2 Å². The molecule has 1 aromatic heterocycles. The SMILES string of the molecule is Cn1c(C(=O)c2ccc(F)cc2)cc2cc(OCc3ccccc3)ccc21. The normalized spacial score (nSPS) is 10.9. The highest BCUT2D eigenvalue weighted by Crippen LogP contribution is 2.26. The predicted molar refractivity (Wildman–Crippen MR) is 104 cm³/mol. The minimum atomic E-state index is -0.358. The molecule has 1 heterocycles. The van der Waals surface area contributed by atoms with Gasteiger partial charge in [-0.3, -0.25) is 4.79 Å². The lowest BCUT2D eigenvalue weighted by atomic mass is 10.1. The van der Waals surface area contributed by atoms with Gasteiger partial charge in [0.15, 0.2) is 0 Å². The summed E-state index contributed by atoms with van der Waals surface area (Å²) in [6.07, 6.45) is 0. The molecule has 0 radical (unpaired) electrons. The zero-order valence-corrected chi connectivity index (χ0v) is 14.9. The summed E-state index contributed by atoms with van der Waals surface area (Å²) in [6.45, 7) is 0.487. The standard InChI is InChI=1S/C23H18FNO2/c1-25-21-12-11-20(27-15-16-5-3-2-4-6-16)13-18(21)14-22(25)23(26)17-7-9-19(24)10-8-17/h2-14H,15H2,1H3. The number of aryl methyl sites for hydroxylation is 1. The summed E-state index contributed by atoms with van der Waals surface area (Å²) >= 11 is 0. The number of carbonyl (C=O) groups is 1. The molecule has 0 saturated heterocycles. The van der Waals surface area contributed by atoms with Gasteiger partial charge in [0.25, 0.3) is 0 Å². The van der Waals surface area contributed by atoms with E-state index >= 15 is 0 Å². The Morgan fingerprint density at radius 3 is 2.44 bits per heavy atom. The summed E-state index contributed by atoms with van der Waals surface area (Å²) in [7, 11) is 1.85. The Bertz CT molecular complexity index is 1100. The number of halogens is 1. The summed E-state index contributed by atoms with van der Waals surface area (Å²) in [5.41, 5.74) is 3.05. The van der Waals surface area contributed by atoms with Crippen molar-refractivity contribution in [1.29, 1.82) is 0 Å². The van der Waals surface area contributed by atoms with Crippen LogP contribution in [-0.4, -0.2) is 10.4 Å². The van der Waals surface area contributed by atoms with E-state index in [4.69, 9.17) is 4.74 Å². The number of ketones is 1. The van der Waals surface area contributed by atoms with E-state index in [1.54, 1.807) is 0 Å². The molecule has 0 spiro atoms. The summed E-state index contributed by atoms with van der Waals surface area (Å²) < 4.78 is 20.8. The van der Waals surface area contributed by atoms with Gasteiger partial charge in [-0.05, 0) is 54.1 Å². The van der Waals surface area contributed by atoms with Crippen LogP contribution in [0.3, 0.4) is 0 Å². The van der Waals surface area contributed by atoms with Crippen LogP contribution in [0, 0.1) is 5.82 Å². The first kappa shape index (κ1) is 17.0. The summed E-state index contributed by atoms with van der Waals surface area (Å²) in [5, 5.41) is 0.925. The Labute approximate surface area is 156 Å². The molecule has 134 valence electrons. The molecular formula is C23H18FNO2. The second kappa shape index (κ2) is 7.08. The van der Waals surface area contributed by atoms with Gasteiger partial charge in [-0.2, -0.15) is 0 Å². The van der Waals surface area contributed by atoms with E-state index in [0.29, 0.717) is 17.9 Å². The highest BCUT2D eigenvalue weighted by Gasteiger charge is 2.16. The van der Waals surface area contributed by atoms with E-state index in [-0.39, 0.29) is 11.6 Å². The Morgan fingerprint density at radius 1 is 0.963 bits per heavy atom. The molecule has 0 N–H and O–H groups in total. The van der Waals surface area contributed by atoms with Crippen molar-refractivity contribution in [2.75, 3.05) is 0 Å². The molecule has 4 aromatic rings. The van der Waals surface area contributed by atoms with Gasteiger partial charge < -0.3 is 9.30 Å². The highest BCUT2D eigenvalue weighted by molar-refractivity contribution is 6.10. The van der Waals surface area contributed by atoms with Gasteiger partial charge in [0.2, 0.25) is 5.78 Å². The second-order valence-corrected chi connectivity index (χ2v) is 6.42. The molecule has 0 bridgehead atoms. The third-order valence-corrected chi connectivity index (χ3v) is 4.60. The molecular weight excluding hydrogens is 341 g/mol. The Balaban J connectivity index is 1.61. The van der Waals surface area contributed by atoms with E-state index < -0.39 is 0 Å². The highest BCUT2D eigenvalue weighted by atomic mass is 19.1. The maximum Gasteiger partial charge on any atom is 0.209 e. The van der Waals surface area contributed by atoms with E-state index in [1.165, 1.54) is 24.3 Å². The van der Waals surface area contributed by atoms with Gasteiger partial charge in [-0.25, -0.2) is 4.39 Å². The number of rotatable bonds is 5. The summed E-state index contributed by atoms with van der Waals surface area (Å²) in [6, 6.07) is 23.2. The molecule has 27 heavy (non-hydrogen) atoms. The van der Waals surface area contributed by atoms with Crippen LogP contribution >= 0.6 is 0 Å². The van der Waals surface area contributed by atoms with Crippen LogP contribution in [0.4, 0.5) is 4.39 Å². The number of aromatic nitrogens is 1. The van der Waals surface area contributed by atoms with Gasteiger partial charge in [0.05, 0.1) is 5.69 Å². The lowest BCUT2D eigenvalue weighted by Gasteiger charge is -2.07. The quantitative estimate of drug-likeness (QED) is 0.463.